The Labute approximate surface area is 205 Å². The van der Waals surface area contributed by atoms with E-state index in [1.807, 2.05) is 30.3 Å². The summed E-state index contributed by atoms with van der Waals surface area (Å²) in [5, 5.41) is 2.90. The largest absolute Gasteiger partial charge is 0.476 e. The quantitative estimate of drug-likeness (QED) is 0.451. The number of ether oxygens (including phenoxy) is 1. The minimum atomic E-state index is -3.71. The molecule has 34 heavy (non-hydrogen) atoms. The molecule has 0 aliphatic carbocycles. The third-order valence-corrected chi connectivity index (χ3v) is 8.34. The molecule has 1 atom stereocenters. The van der Waals surface area contributed by atoms with Gasteiger partial charge in [0.2, 0.25) is 10.0 Å². The minimum Gasteiger partial charge on any atom is -0.476 e. The molecule has 0 aromatic heterocycles. The highest BCUT2D eigenvalue weighted by molar-refractivity contribution is 7.98. The van der Waals surface area contributed by atoms with Crippen LogP contribution in [0.4, 0.5) is 5.69 Å². The van der Waals surface area contributed by atoms with Crippen molar-refractivity contribution in [2.45, 2.75) is 24.5 Å². The third-order valence-electron chi connectivity index (χ3n) is 5.62. The van der Waals surface area contributed by atoms with Crippen LogP contribution in [0.25, 0.3) is 0 Å². The van der Waals surface area contributed by atoms with E-state index in [4.69, 9.17) is 4.74 Å². The molecule has 0 spiro atoms. The molecule has 0 saturated carbocycles. The summed E-state index contributed by atoms with van der Waals surface area (Å²) < 4.78 is 33.8. The first-order chi connectivity index (χ1) is 16.4. The molecule has 178 valence electrons. The summed E-state index contributed by atoms with van der Waals surface area (Å²) in [6.45, 7) is 2.51. The minimum absolute atomic E-state index is 0.0611. The lowest BCUT2D eigenvalue weighted by molar-refractivity contribution is -0.127. The molecule has 0 fully saturated rings. The Morgan fingerprint density at radius 3 is 2.53 bits per heavy atom. The zero-order valence-corrected chi connectivity index (χ0v) is 20.6. The van der Waals surface area contributed by atoms with Crippen LogP contribution in [0, 0.1) is 6.92 Å². The number of anilines is 1. The number of hydrogen-bond acceptors (Lipinski definition) is 5. The molecule has 1 aliphatic rings. The van der Waals surface area contributed by atoms with E-state index in [1.54, 1.807) is 48.2 Å². The number of fused-ring (bicyclic) bond motifs is 1. The Balaban J connectivity index is 1.38. The lowest BCUT2D eigenvalue weighted by Crippen LogP contribution is -2.51. The van der Waals surface area contributed by atoms with Gasteiger partial charge in [-0.15, -0.1) is 0 Å². The van der Waals surface area contributed by atoms with Gasteiger partial charge < -0.3 is 10.1 Å². The summed E-state index contributed by atoms with van der Waals surface area (Å²) in [7, 11) is -3.71. The molecule has 0 saturated heterocycles. The van der Waals surface area contributed by atoms with Crippen molar-refractivity contribution in [2.75, 3.05) is 23.1 Å². The normalized spacial score (nSPS) is 15.3. The molecule has 3 aromatic carbocycles. The molecule has 0 bridgehead atoms. The SMILES string of the molecule is Cc1ccccc1CSCCNC(=O)[C@H]1CN(S(=O)(=O)Cc2ccccc2)c2ccccc2O1. The zero-order chi connectivity index (χ0) is 24.0. The highest BCUT2D eigenvalue weighted by Crippen LogP contribution is 2.35. The van der Waals surface area contributed by atoms with Crippen molar-refractivity contribution in [1.29, 1.82) is 0 Å². The Morgan fingerprint density at radius 2 is 1.74 bits per heavy atom. The van der Waals surface area contributed by atoms with Gasteiger partial charge >= 0.3 is 0 Å². The van der Waals surface area contributed by atoms with Gasteiger partial charge in [0.05, 0.1) is 18.0 Å². The second kappa shape index (κ2) is 11.0. The van der Waals surface area contributed by atoms with Gasteiger partial charge in [0.15, 0.2) is 6.10 Å². The molecule has 1 N–H and O–H groups in total. The Hall–Kier alpha value is -2.97. The molecule has 8 heteroatoms. The lowest BCUT2D eigenvalue weighted by atomic mass is 10.1. The fourth-order valence-electron chi connectivity index (χ4n) is 3.78. The number of carbonyl (C=O) groups is 1. The molecular weight excluding hydrogens is 468 g/mol. The van der Waals surface area contributed by atoms with Gasteiger partial charge in [0.25, 0.3) is 5.91 Å². The number of sulfonamides is 1. The number of carbonyl (C=O) groups excluding carboxylic acids is 1. The number of nitrogens with zero attached hydrogens (tertiary/aromatic N) is 1. The Kier molecular flexibility index (Phi) is 7.80. The van der Waals surface area contributed by atoms with Crippen LogP contribution in [0.2, 0.25) is 0 Å². The number of rotatable bonds is 9. The van der Waals surface area contributed by atoms with Crippen LogP contribution >= 0.6 is 11.8 Å². The van der Waals surface area contributed by atoms with E-state index in [0.717, 1.165) is 11.5 Å². The van der Waals surface area contributed by atoms with Crippen molar-refractivity contribution in [2.24, 2.45) is 0 Å². The van der Waals surface area contributed by atoms with Gasteiger partial charge in [0.1, 0.15) is 5.75 Å². The van der Waals surface area contributed by atoms with E-state index in [0.29, 0.717) is 23.5 Å². The smallest absolute Gasteiger partial charge is 0.263 e. The Bertz CT molecular complexity index is 1230. The number of aryl methyl sites for hydroxylation is 1. The van der Waals surface area contributed by atoms with Gasteiger partial charge in [0, 0.05) is 18.1 Å². The second-order valence-electron chi connectivity index (χ2n) is 8.12. The molecule has 1 aliphatic heterocycles. The van der Waals surface area contributed by atoms with Crippen molar-refractivity contribution in [1.82, 2.24) is 5.32 Å². The van der Waals surface area contributed by atoms with Crippen LogP contribution < -0.4 is 14.4 Å². The van der Waals surface area contributed by atoms with E-state index < -0.39 is 16.1 Å². The standard InChI is InChI=1S/C26H28N2O4S2/c1-20-9-5-6-12-22(20)18-33-16-15-27-26(29)25-17-28(23-13-7-8-14-24(23)32-25)34(30,31)19-21-10-3-2-4-11-21/h2-14,25H,15-19H2,1H3,(H,27,29)/t25-/m1/s1. The van der Waals surface area contributed by atoms with Crippen LogP contribution in [-0.2, 0) is 26.3 Å². The topological polar surface area (TPSA) is 75.7 Å². The van der Waals surface area contributed by atoms with E-state index in [1.165, 1.54) is 15.4 Å². The highest BCUT2D eigenvalue weighted by Gasteiger charge is 2.36. The van der Waals surface area contributed by atoms with E-state index in [9.17, 15) is 13.2 Å². The van der Waals surface area contributed by atoms with Crippen LogP contribution in [0.3, 0.4) is 0 Å². The van der Waals surface area contributed by atoms with Crippen molar-refractivity contribution in [3.05, 3.63) is 95.6 Å². The molecule has 4 rings (SSSR count). The second-order valence-corrected chi connectivity index (χ2v) is 11.1. The lowest BCUT2D eigenvalue weighted by Gasteiger charge is -2.34. The summed E-state index contributed by atoms with van der Waals surface area (Å²) in [6, 6.07) is 24.2. The Morgan fingerprint density at radius 1 is 1.03 bits per heavy atom. The average Bonchev–Trinajstić information content (AvgIpc) is 2.84. The van der Waals surface area contributed by atoms with Crippen LogP contribution in [0.1, 0.15) is 16.7 Å². The van der Waals surface area contributed by atoms with E-state index in [-0.39, 0.29) is 18.2 Å². The van der Waals surface area contributed by atoms with Gasteiger partial charge in [-0.05, 0) is 35.7 Å². The summed E-state index contributed by atoms with van der Waals surface area (Å²) in [5.41, 5.74) is 3.69. The maximum Gasteiger partial charge on any atom is 0.263 e. The summed E-state index contributed by atoms with van der Waals surface area (Å²) in [4.78, 5) is 12.9. The maximum absolute atomic E-state index is 13.3. The van der Waals surface area contributed by atoms with Gasteiger partial charge in [-0.1, -0.05) is 66.7 Å². The van der Waals surface area contributed by atoms with Gasteiger partial charge in [-0.25, -0.2) is 8.42 Å². The number of nitrogens with one attached hydrogen (secondary N) is 1. The first-order valence-corrected chi connectivity index (χ1v) is 13.9. The maximum atomic E-state index is 13.3. The fourth-order valence-corrected chi connectivity index (χ4v) is 6.30. The van der Waals surface area contributed by atoms with Crippen molar-refractivity contribution in [3.8, 4) is 5.75 Å². The first-order valence-electron chi connectivity index (χ1n) is 11.1. The number of hydrogen-bond donors (Lipinski definition) is 1. The molecular formula is C26H28N2O4S2. The number of para-hydroxylation sites is 2. The van der Waals surface area contributed by atoms with Crippen molar-refractivity contribution < 1.29 is 17.9 Å². The highest BCUT2D eigenvalue weighted by atomic mass is 32.2. The predicted octanol–water partition coefficient (Wildman–Crippen LogP) is 4.14. The monoisotopic (exact) mass is 496 g/mol. The molecule has 6 nitrogen and oxygen atoms in total. The number of benzene rings is 3. The summed E-state index contributed by atoms with van der Waals surface area (Å²) in [6.07, 6.45) is -0.915. The van der Waals surface area contributed by atoms with Crippen molar-refractivity contribution >= 4 is 33.4 Å². The summed E-state index contributed by atoms with van der Waals surface area (Å²) >= 11 is 1.74. The molecule has 0 radical (unpaired) electrons. The molecule has 0 unspecified atom stereocenters. The van der Waals surface area contributed by atoms with Gasteiger partial charge in [-0.2, -0.15) is 11.8 Å². The van der Waals surface area contributed by atoms with Crippen LogP contribution in [-0.4, -0.2) is 39.3 Å². The van der Waals surface area contributed by atoms with E-state index >= 15 is 0 Å². The number of thioether (sulfide) groups is 1. The van der Waals surface area contributed by atoms with Crippen LogP contribution in [0.5, 0.6) is 5.75 Å². The first kappa shape index (κ1) is 24.2. The molecule has 1 heterocycles. The van der Waals surface area contributed by atoms with Crippen LogP contribution in [0.15, 0.2) is 78.9 Å². The molecule has 3 aromatic rings. The fraction of sp³-hybridized carbons (Fsp3) is 0.269. The van der Waals surface area contributed by atoms with Gasteiger partial charge in [-0.3, -0.25) is 9.10 Å². The van der Waals surface area contributed by atoms with E-state index in [2.05, 4.69) is 24.4 Å². The average molecular weight is 497 g/mol. The number of amides is 1. The third kappa shape index (κ3) is 5.93. The zero-order valence-electron chi connectivity index (χ0n) is 19.0. The molecule has 1 amide bonds. The van der Waals surface area contributed by atoms with Crippen molar-refractivity contribution in [3.63, 3.8) is 0 Å². The predicted molar refractivity (Wildman–Crippen MR) is 138 cm³/mol. The summed E-state index contributed by atoms with van der Waals surface area (Å²) in [5.74, 6) is 1.55.